The third-order valence-corrected chi connectivity index (χ3v) is 12.1. The van der Waals surface area contributed by atoms with Crippen molar-refractivity contribution in [3.05, 3.63) is 205 Å². The number of aromatic nitrogens is 2. The maximum absolute atomic E-state index is 5.27. The molecule has 1 heterocycles. The molecule has 9 aromatic carbocycles. The molecule has 0 unspecified atom stereocenters. The van der Waals surface area contributed by atoms with Crippen molar-refractivity contribution in [2.75, 3.05) is 0 Å². The van der Waals surface area contributed by atoms with Crippen LogP contribution in [-0.4, -0.2) is 9.97 Å². The topological polar surface area (TPSA) is 25.8 Å². The summed E-state index contributed by atoms with van der Waals surface area (Å²) in [6.07, 6.45) is 0. The maximum atomic E-state index is 5.27. The first-order valence-corrected chi connectivity index (χ1v) is 19.7. The summed E-state index contributed by atoms with van der Waals surface area (Å²) in [4.78, 5) is 10.5. The van der Waals surface area contributed by atoms with Crippen LogP contribution < -0.4 is 0 Å². The van der Waals surface area contributed by atoms with Crippen LogP contribution in [0.25, 0.3) is 99.6 Å². The summed E-state index contributed by atoms with van der Waals surface area (Å²) in [7, 11) is 0. The van der Waals surface area contributed by atoms with Crippen LogP contribution in [0.4, 0.5) is 0 Å². The van der Waals surface area contributed by atoms with Crippen molar-refractivity contribution in [3.63, 3.8) is 0 Å². The van der Waals surface area contributed by atoms with E-state index in [1.165, 1.54) is 65.9 Å². The fourth-order valence-corrected chi connectivity index (χ4v) is 9.04. The standard InChI is InChI=1S/C55H38N2/c1-55(2)50-33-42(25-26-47(50)49-31-39-17-8-9-18-40(39)32-51(49)55)44-27-28-48(46-22-11-10-21-45(44)46)53-34-52(56-54(57-53)36-14-4-3-5-15-36)43-20-12-19-38(30-43)41-24-23-35-13-6-7-16-37(35)29-41/h3-34H,1-2H3. The number of nitrogens with zero attached hydrogens (tertiary/aromatic N) is 2. The molecule has 1 aliphatic carbocycles. The van der Waals surface area contributed by atoms with E-state index in [0.29, 0.717) is 5.82 Å². The normalized spacial score (nSPS) is 12.9. The summed E-state index contributed by atoms with van der Waals surface area (Å²) >= 11 is 0. The first kappa shape index (κ1) is 33.2. The van der Waals surface area contributed by atoms with E-state index in [2.05, 4.69) is 190 Å². The lowest BCUT2D eigenvalue weighted by atomic mass is 9.81. The van der Waals surface area contributed by atoms with E-state index < -0.39 is 0 Å². The van der Waals surface area contributed by atoms with Gasteiger partial charge in [0.15, 0.2) is 5.82 Å². The molecule has 0 spiro atoms. The molecule has 0 aliphatic heterocycles. The van der Waals surface area contributed by atoms with Crippen LogP contribution in [0.15, 0.2) is 194 Å². The Kier molecular flexibility index (Phi) is 7.55. The summed E-state index contributed by atoms with van der Waals surface area (Å²) < 4.78 is 0. The second-order valence-electron chi connectivity index (χ2n) is 15.8. The van der Waals surface area contributed by atoms with E-state index in [0.717, 1.165) is 39.0 Å². The minimum atomic E-state index is -0.114. The molecule has 0 N–H and O–H groups in total. The lowest BCUT2D eigenvalue weighted by Gasteiger charge is -2.22. The van der Waals surface area contributed by atoms with Crippen molar-refractivity contribution in [1.82, 2.24) is 9.97 Å². The average Bonchev–Trinajstić information content (AvgIpc) is 3.49. The predicted octanol–water partition coefficient (Wildman–Crippen LogP) is 14.6. The van der Waals surface area contributed by atoms with E-state index in [1.54, 1.807) is 0 Å². The molecular weight excluding hydrogens is 689 g/mol. The summed E-state index contributed by atoms with van der Waals surface area (Å²) in [5.74, 6) is 0.709. The number of hydrogen-bond acceptors (Lipinski definition) is 2. The van der Waals surface area contributed by atoms with Crippen LogP contribution in [-0.2, 0) is 5.41 Å². The van der Waals surface area contributed by atoms with Gasteiger partial charge in [-0.3, -0.25) is 0 Å². The van der Waals surface area contributed by atoms with Gasteiger partial charge in [-0.15, -0.1) is 0 Å². The maximum Gasteiger partial charge on any atom is 0.160 e. The smallest absolute Gasteiger partial charge is 0.160 e. The number of fused-ring (bicyclic) bond motifs is 6. The first-order chi connectivity index (χ1) is 28.0. The largest absolute Gasteiger partial charge is 0.228 e. The number of rotatable bonds is 5. The minimum absolute atomic E-state index is 0.114. The van der Waals surface area contributed by atoms with Crippen LogP contribution in [0, 0.1) is 0 Å². The predicted molar refractivity (Wildman–Crippen MR) is 239 cm³/mol. The van der Waals surface area contributed by atoms with Gasteiger partial charge in [0.05, 0.1) is 11.4 Å². The molecule has 1 aliphatic rings. The number of hydrogen-bond donors (Lipinski definition) is 0. The lowest BCUT2D eigenvalue weighted by molar-refractivity contribution is 0.661. The van der Waals surface area contributed by atoms with Gasteiger partial charge in [-0.05, 0) is 113 Å². The molecule has 0 saturated heterocycles. The zero-order valence-electron chi connectivity index (χ0n) is 31.9. The van der Waals surface area contributed by atoms with Crippen LogP contribution >= 0.6 is 0 Å². The van der Waals surface area contributed by atoms with Gasteiger partial charge in [-0.2, -0.15) is 0 Å². The Morgan fingerprint density at radius 2 is 0.877 bits per heavy atom. The van der Waals surface area contributed by atoms with E-state index in [1.807, 2.05) is 18.2 Å². The van der Waals surface area contributed by atoms with Gasteiger partial charge < -0.3 is 0 Å². The Hall–Kier alpha value is -7.16. The molecule has 0 radical (unpaired) electrons. The second-order valence-corrected chi connectivity index (χ2v) is 15.8. The van der Waals surface area contributed by atoms with Gasteiger partial charge in [0.1, 0.15) is 0 Å². The van der Waals surface area contributed by atoms with E-state index in [-0.39, 0.29) is 5.41 Å². The SMILES string of the molecule is CC1(C)c2cc(-c3ccc(-c4cc(-c5cccc(-c6ccc7ccccc7c6)c5)nc(-c5ccccc5)n4)c4ccccc34)ccc2-c2cc3ccccc3cc21. The summed E-state index contributed by atoms with van der Waals surface area (Å²) in [6.45, 7) is 4.73. The van der Waals surface area contributed by atoms with E-state index >= 15 is 0 Å². The minimum Gasteiger partial charge on any atom is -0.228 e. The van der Waals surface area contributed by atoms with Crippen LogP contribution in [0.5, 0.6) is 0 Å². The van der Waals surface area contributed by atoms with Crippen molar-refractivity contribution in [3.8, 4) is 67.3 Å². The molecule has 2 heteroatoms. The van der Waals surface area contributed by atoms with Gasteiger partial charge in [0.25, 0.3) is 0 Å². The Morgan fingerprint density at radius 3 is 1.68 bits per heavy atom. The zero-order valence-corrected chi connectivity index (χ0v) is 31.9. The molecule has 57 heavy (non-hydrogen) atoms. The van der Waals surface area contributed by atoms with Gasteiger partial charge in [-0.25, -0.2) is 9.97 Å². The van der Waals surface area contributed by atoms with Crippen LogP contribution in [0.2, 0.25) is 0 Å². The van der Waals surface area contributed by atoms with Gasteiger partial charge in [-0.1, -0.05) is 172 Å². The molecule has 0 atom stereocenters. The Labute approximate surface area is 332 Å². The molecular formula is C55H38N2. The van der Waals surface area contributed by atoms with Gasteiger partial charge >= 0.3 is 0 Å². The summed E-state index contributed by atoms with van der Waals surface area (Å²) in [5, 5.41) is 7.41. The molecule has 0 saturated carbocycles. The number of benzene rings is 9. The molecule has 0 bridgehead atoms. The Bertz CT molecular complexity index is 3210. The first-order valence-electron chi connectivity index (χ1n) is 19.7. The van der Waals surface area contributed by atoms with Crippen molar-refractivity contribution < 1.29 is 0 Å². The highest BCUT2D eigenvalue weighted by atomic mass is 14.9. The highest BCUT2D eigenvalue weighted by Crippen LogP contribution is 2.51. The molecule has 10 aromatic rings. The molecule has 1 aromatic heterocycles. The molecule has 0 fully saturated rings. The Balaban J connectivity index is 1.04. The van der Waals surface area contributed by atoms with Crippen molar-refractivity contribution in [2.24, 2.45) is 0 Å². The monoisotopic (exact) mass is 726 g/mol. The van der Waals surface area contributed by atoms with Crippen LogP contribution in [0.1, 0.15) is 25.0 Å². The highest BCUT2D eigenvalue weighted by Gasteiger charge is 2.36. The fourth-order valence-electron chi connectivity index (χ4n) is 9.04. The van der Waals surface area contributed by atoms with Crippen LogP contribution in [0.3, 0.4) is 0 Å². The van der Waals surface area contributed by atoms with Crippen molar-refractivity contribution in [2.45, 2.75) is 19.3 Å². The van der Waals surface area contributed by atoms with Crippen molar-refractivity contribution in [1.29, 1.82) is 0 Å². The summed E-state index contributed by atoms with van der Waals surface area (Å²) in [5.41, 5.74) is 15.0. The average molecular weight is 727 g/mol. The molecule has 268 valence electrons. The van der Waals surface area contributed by atoms with Gasteiger partial charge in [0, 0.05) is 22.1 Å². The lowest BCUT2D eigenvalue weighted by Crippen LogP contribution is -2.15. The zero-order chi connectivity index (χ0) is 38.1. The fraction of sp³-hybridized carbons (Fsp3) is 0.0545. The molecule has 11 rings (SSSR count). The molecule has 0 amide bonds. The Morgan fingerprint density at radius 1 is 0.316 bits per heavy atom. The van der Waals surface area contributed by atoms with E-state index in [9.17, 15) is 0 Å². The van der Waals surface area contributed by atoms with E-state index in [4.69, 9.17) is 9.97 Å². The second kappa shape index (κ2) is 13.0. The third-order valence-electron chi connectivity index (χ3n) is 12.1. The van der Waals surface area contributed by atoms with Crippen molar-refractivity contribution >= 4 is 32.3 Å². The highest BCUT2D eigenvalue weighted by molar-refractivity contribution is 6.05. The summed E-state index contributed by atoms with van der Waals surface area (Å²) in [6, 6.07) is 70.2. The third kappa shape index (κ3) is 5.56. The quantitative estimate of drug-likeness (QED) is 0.176. The van der Waals surface area contributed by atoms with Gasteiger partial charge in [0.2, 0.25) is 0 Å². The molecule has 2 nitrogen and oxygen atoms in total.